The fourth-order valence-electron chi connectivity index (χ4n) is 5.74. The maximum Gasteiger partial charge on any atom is 0.102 e. The van der Waals surface area contributed by atoms with Crippen LogP contribution < -0.4 is 16.0 Å². The van der Waals surface area contributed by atoms with Gasteiger partial charge in [-0.15, -0.1) is 0 Å². The average Bonchev–Trinajstić information content (AvgIpc) is 3.31. The second-order valence-corrected chi connectivity index (χ2v) is 9.68. The normalized spacial score (nSPS) is 22.4. The van der Waals surface area contributed by atoms with Crippen molar-refractivity contribution in [2.24, 2.45) is 5.92 Å². The Hall–Kier alpha value is -3.40. The number of fused-ring (bicyclic) bond motifs is 2. The van der Waals surface area contributed by atoms with Gasteiger partial charge in [-0.1, -0.05) is 42.8 Å². The molecule has 5 heterocycles. The van der Waals surface area contributed by atoms with Crippen molar-refractivity contribution in [1.29, 1.82) is 5.26 Å². The lowest BCUT2D eigenvalue weighted by Gasteiger charge is -2.31. The summed E-state index contributed by atoms with van der Waals surface area (Å²) in [6, 6.07) is 11.1. The lowest BCUT2D eigenvalue weighted by atomic mass is 9.81. The Morgan fingerprint density at radius 2 is 2.03 bits per heavy atom. The molecule has 1 aromatic carbocycles. The molecule has 0 unspecified atom stereocenters. The molecule has 6 heteroatoms. The Balaban J connectivity index is 1.40. The van der Waals surface area contributed by atoms with Crippen molar-refractivity contribution in [2.75, 3.05) is 38.0 Å². The Kier molecular flexibility index (Phi) is 5.44. The van der Waals surface area contributed by atoms with E-state index in [2.05, 4.69) is 76.7 Å². The van der Waals surface area contributed by atoms with E-state index >= 15 is 0 Å². The van der Waals surface area contributed by atoms with Crippen LogP contribution in [0.15, 0.2) is 54.4 Å². The van der Waals surface area contributed by atoms with Crippen LogP contribution in [-0.4, -0.2) is 42.3 Å². The first-order valence-corrected chi connectivity index (χ1v) is 12.3. The lowest BCUT2D eigenvalue weighted by molar-refractivity contribution is 0.607. The van der Waals surface area contributed by atoms with Gasteiger partial charge in [-0.3, -0.25) is 0 Å². The van der Waals surface area contributed by atoms with Crippen molar-refractivity contribution in [3.8, 4) is 17.2 Å². The SMILES string of the molecule is C[C@@H]1C=C(c2cnn3cc(-c4ccc5c(c4C#N)NCC[C@@H]5C4=CCCNC4)ccc23)CNC1. The summed E-state index contributed by atoms with van der Waals surface area (Å²) >= 11 is 0. The van der Waals surface area contributed by atoms with Crippen LogP contribution in [0.25, 0.3) is 22.2 Å². The fraction of sp³-hybridized carbons (Fsp3) is 0.357. The summed E-state index contributed by atoms with van der Waals surface area (Å²) in [4.78, 5) is 0. The van der Waals surface area contributed by atoms with E-state index in [1.807, 2.05) is 10.7 Å². The van der Waals surface area contributed by atoms with E-state index in [-0.39, 0.29) is 0 Å². The Labute approximate surface area is 200 Å². The smallest absolute Gasteiger partial charge is 0.102 e. The summed E-state index contributed by atoms with van der Waals surface area (Å²) in [7, 11) is 0. The van der Waals surface area contributed by atoms with E-state index in [1.54, 1.807) is 0 Å². The summed E-state index contributed by atoms with van der Waals surface area (Å²) in [5.74, 6) is 0.893. The Morgan fingerprint density at radius 1 is 1.09 bits per heavy atom. The van der Waals surface area contributed by atoms with E-state index in [1.165, 1.54) is 22.3 Å². The number of hydrogen-bond acceptors (Lipinski definition) is 5. The molecule has 2 atom stereocenters. The molecule has 3 aromatic rings. The van der Waals surface area contributed by atoms with Gasteiger partial charge in [0.25, 0.3) is 0 Å². The number of aromatic nitrogens is 2. The zero-order valence-corrected chi connectivity index (χ0v) is 19.6. The van der Waals surface area contributed by atoms with Gasteiger partial charge in [0.15, 0.2) is 0 Å². The van der Waals surface area contributed by atoms with Crippen molar-refractivity contribution >= 4 is 16.8 Å². The molecule has 3 aliphatic rings. The summed E-state index contributed by atoms with van der Waals surface area (Å²) in [6.45, 7) is 7.00. The van der Waals surface area contributed by atoms with E-state index in [4.69, 9.17) is 0 Å². The molecule has 172 valence electrons. The number of anilines is 1. The number of hydrogen-bond donors (Lipinski definition) is 3. The summed E-state index contributed by atoms with van der Waals surface area (Å²) in [5.41, 5.74) is 9.96. The van der Waals surface area contributed by atoms with Crippen LogP contribution in [0.2, 0.25) is 0 Å². The van der Waals surface area contributed by atoms with Crippen LogP contribution in [0.3, 0.4) is 0 Å². The highest BCUT2D eigenvalue weighted by molar-refractivity contribution is 5.84. The lowest BCUT2D eigenvalue weighted by Crippen LogP contribution is -2.28. The third kappa shape index (κ3) is 3.62. The predicted octanol–water partition coefficient (Wildman–Crippen LogP) is 4.31. The van der Waals surface area contributed by atoms with E-state index < -0.39 is 0 Å². The molecule has 6 nitrogen and oxygen atoms in total. The van der Waals surface area contributed by atoms with Crippen LogP contribution in [0.4, 0.5) is 5.69 Å². The van der Waals surface area contributed by atoms with Gasteiger partial charge in [0.2, 0.25) is 0 Å². The largest absolute Gasteiger partial charge is 0.384 e. The molecular weight excluding hydrogens is 420 g/mol. The third-order valence-electron chi connectivity index (χ3n) is 7.40. The maximum atomic E-state index is 10.2. The number of rotatable bonds is 3. The van der Waals surface area contributed by atoms with Crippen LogP contribution in [0, 0.1) is 17.2 Å². The molecule has 0 spiro atoms. The zero-order valence-electron chi connectivity index (χ0n) is 19.6. The first kappa shape index (κ1) is 21.2. The molecule has 3 aliphatic heterocycles. The van der Waals surface area contributed by atoms with Crippen molar-refractivity contribution < 1.29 is 0 Å². The van der Waals surface area contributed by atoms with Crippen LogP contribution in [-0.2, 0) is 0 Å². The maximum absolute atomic E-state index is 10.2. The highest BCUT2D eigenvalue weighted by Crippen LogP contribution is 2.42. The van der Waals surface area contributed by atoms with Gasteiger partial charge >= 0.3 is 0 Å². The quantitative estimate of drug-likeness (QED) is 0.518. The molecule has 0 radical (unpaired) electrons. The molecule has 0 saturated heterocycles. The topological polar surface area (TPSA) is 77.2 Å². The zero-order chi connectivity index (χ0) is 23.1. The number of nitrogens with one attached hydrogen (secondary N) is 3. The van der Waals surface area contributed by atoms with Crippen molar-refractivity contribution in [2.45, 2.75) is 25.7 Å². The van der Waals surface area contributed by atoms with E-state index in [0.29, 0.717) is 11.8 Å². The fourth-order valence-corrected chi connectivity index (χ4v) is 5.74. The molecular formula is C28H30N6. The van der Waals surface area contributed by atoms with Gasteiger partial charge in [-0.2, -0.15) is 10.4 Å². The highest BCUT2D eigenvalue weighted by Gasteiger charge is 2.27. The first-order chi connectivity index (χ1) is 16.7. The molecule has 34 heavy (non-hydrogen) atoms. The summed E-state index contributed by atoms with van der Waals surface area (Å²) < 4.78 is 1.94. The van der Waals surface area contributed by atoms with Gasteiger partial charge in [0, 0.05) is 55.0 Å². The van der Waals surface area contributed by atoms with Gasteiger partial charge < -0.3 is 16.0 Å². The van der Waals surface area contributed by atoms with Gasteiger partial charge in [0.05, 0.1) is 23.0 Å². The van der Waals surface area contributed by atoms with Gasteiger partial charge in [-0.05, 0) is 42.5 Å². The second-order valence-electron chi connectivity index (χ2n) is 9.68. The molecule has 0 amide bonds. The van der Waals surface area contributed by atoms with E-state index in [0.717, 1.165) is 73.5 Å². The van der Waals surface area contributed by atoms with Crippen LogP contribution >= 0.6 is 0 Å². The minimum atomic E-state index is 0.376. The molecule has 0 fully saturated rings. The molecule has 0 bridgehead atoms. The number of pyridine rings is 1. The Morgan fingerprint density at radius 3 is 2.85 bits per heavy atom. The monoisotopic (exact) mass is 450 g/mol. The molecule has 0 aliphatic carbocycles. The molecule has 3 N–H and O–H groups in total. The van der Waals surface area contributed by atoms with Crippen molar-refractivity contribution in [3.63, 3.8) is 0 Å². The second kappa shape index (κ2) is 8.75. The molecule has 2 aromatic heterocycles. The predicted molar refractivity (Wildman–Crippen MR) is 137 cm³/mol. The van der Waals surface area contributed by atoms with Crippen molar-refractivity contribution in [3.05, 3.63) is 71.1 Å². The standard InChI is InChI=1S/C28H30N6/c1-18-11-21(15-31-13-18)26-16-33-34-17-20(4-7-27(26)34)22-5-6-24-23(19-3-2-9-30-14-19)8-10-32-28(24)25(22)12-29/h3-7,11,16-18,23,30-32H,2,8-10,13-15H2,1H3/t18-,23-/m1/s1. The average molecular weight is 451 g/mol. The van der Waals surface area contributed by atoms with Gasteiger partial charge in [-0.25, -0.2) is 4.52 Å². The number of benzene rings is 1. The molecule has 6 rings (SSSR count). The van der Waals surface area contributed by atoms with Crippen LogP contribution in [0.1, 0.15) is 42.4 Å². The minimum Gasteiger partial charge on any atom is -0.384 e. The number of nitrogens with zero attached hydrogens (tertiary/aromatic N) is 3. The van der Waals surface area contributed by atoms with Crippen molar-refractivity contribution in [1.82, 2.24) is 20.2 Å². The first-order valence-electron chi connectivity index (χ1n) is 12.3. The minimum absolute atomic E-state index is 0.376. The van der Waals surface area contributed by atoms with Crippen LogP contribution in [0.5, 0.6) is 0 Å². The van der Waals surface area contributed by atoms with E-state index in [9.17, 15) is 5.26 Å². The third-order valence-corrected chi connectivity index (χ3v) is 7.40. The Bertz CT molecular complexity index is 1360. The summed E-state index contributed by atoms with van der Waals surface area (Å²) in [6.07, 6.45) is 10.9. The number of nitriles is 1. The summed E-state index contributed by atoms with van der Waals surface area (Å²) in [5, 5.41) is 25.4. The van der Waals surface area contributed by atoms with Gasteiger partial charge in [0.1, 0.15) is 6.07 Å². The molecule has 0 saturated carbocycles. The highest BCUT2D eigenvalue weighted by atomic mass is 15.2.